The highest BCUT2D eigenvalue weighted by molar-refractivity contribution is 9.10. The van der Waals surface area contributed by atoms with Crippen molar-refractivity contribution in [1.82, 2.24) is 10.6 Å². The highest BCUT2D eigenvalue weighted by Gasteiger charge is 2.20. The van der Waals surface area contributed by atoms with Crippen LogP contribution in [0.2, 0.25) is 0 Å². The molecule has 1 fully saturated rings. The second-order valence-electron chi connectivity index (χ2n) is 4.68. The van der Waals surface area contributed by atoms with Crippen molar-refractivity contribution in [3.8, 4) is 0 Å². The van der Waals surface area contributed by atoms with Crippen molar-refractivity contribution in [2.24, 2.45) is 0 Å². The molecule has 1 aliphatic rings. The van der Waals surface area contributed by atoms with E-state index < -0.39 is 0 Å². The van der Waals surface area contributed by atoms with Gasteiger partial charge in [-0.2, -0.15) is 0 Å². The lowest BCUT2D eigenvalue weighted by molar-refractivity contribution is 0.0925. The maximum atomic E-state index is 13.1. The fraction of sp³-hybridized carbons (Fsp3) is 0.462. The lowest BCUT2D eigenvalue weighted by atomic mass is 10.0. The Morgan fingerprint density at radius 3 is 3.00 bits per heavy atom. The Morgan fingerprint density at radius 1 is 1.56 bits per heavy atom. The summed E-state index contributed by atoms with van der Waals surface area (Å²) in [5, 5.41) is 6.32. The smallest absolute Gasteiger partial charge is 0.251 e. The molecule has 1 heterocycles. The molecule has 0 aromatic heterocycles. The summed E-state index contributed by atoms with van der Waals surface area (Å²) in [7, 11) is 0. The predicted octanol–water partition coefficient (Wildman–Crippen LogP) is 2.46. The van der Waals surface area contributed by atoms with Crippen LogP contribution in [0.4, 0.5) is 4.39 Å². The van der Waals surface area contributed by atoms with Gasteiger partial charge in [-0.05, 0) is 60.4 Å². The molecule has 1 saturated heterocycles. The van der Waals surface area contributed by atoms with Crippen LogP contribution in [-0.2, 0) is 0 Å². The number of carbonyl (C=O) groups is 1. The van der Waals surface area contributed by atoms with Crippen LogP contribution in [0.15, 0.2) is 22.7 Å². The largest absolute Gasteiger partial charge is 0.349 e. The quantitative estimate of drug-likeness (QED) is 0.880. The minimum absolute atomic E-state index is 0.144. The van der Waals surface area contributed by atoms with Gasteiger partial charge in [0.2, 0.25) is 0 Å². The molecule has 5 heteroatoms. The maximum absolute atomic E-state index is 13.1. The molecule has 1 aromatic carbocycles. The Morgan fingerprint density at radius 2 is 2.33 bits per heavy atom. The third-order valence-corrected chi connectivity index (χ3v) is 3.75. The first kappa shape index (κ1) is 13.5. The fourth-order valence-electron chi connectivity index (χ4n) is 2.17. The Bertz CT molecular complexity index is 453. The summed E-state index contributed by atoms with van der Waals surface area (Å²) in [5.41, 5.74) is 0.481. The van der Waals surface area contributed by atoms with E-state index in [9.17, 15) is 9.18 Å². The number of hydrogen-bond acceptors (Lipinski definition) is 2. The molecule has 98 valence electrons. The van der Waals surface area contributed by atoms with Gasteiger partial charge in [0.1, 0.15) is 5.82 Å². The first-order valence-electron chi connectivity index (χ1n) is 6.05. The number of rotatable bonds is 2. The zero-order valence-electron chi connectivity index (χ0n) is 10.2. The van der Waals surface area contributed by atoms with Gasteiger partial charge in [0.15, 0.2) is 0 Å². The van der Waals surface area contributed by atoms with Crippen molar-refractivity contribution in [3.05, 3.63) is 34.1 Å². The molecule has 2 atom stereocenters. The Kier molecular flexibility index (Phi) is 4.35. The monoisotopic (exact) mass is 314 g/mol. The van der Waals surface area contributed by atoms with E-state index in [4.69, 9.17) is 0 Å². The average Bonchev–Trinajstić information content (AvgIpc) is 2.32. The number of piperidine rings is 1. The van der Waals surface area contributed by atoms with Crippen LogP contribution in [-0.4, -0.2) is 24.5 Å². The van der Waals surface area contributed by atoms with Crippen LogP contribution < -0.4 is 10.6 Å². The zero-order chi connectivity index (χ0) is 13.1. The number of halogens is 2. The van der Waals surface area contributed by atoms with Crippen LogP contribution in [0.3, 0.4) is 0 Å². The minimum atomic E-state index is -0.359. The first-order chi connectivity index (χ1) is 8.56. The molecule has 3 nitrogen and oxygen atoms in total. The highest BCUT2D eigenvalue weighted by Crippen LogP contribution is 2.17. The second-order valence-corrected chi connectivity index (χ2v) is 5.53. The fourth-order valence-corrected chi connectivity index (χ4v) is 2.55. The summed E-state index contributed by atoms with van der Waals surface area (Å²) >= 11 is 3.08. The van der Waals surface area contributed by atoms with Crippen LogP contribution in [0.1, 0.15) is 30.1 Å². The van der Waals surface area contributed by atoms with Crippen molar-refractivity contribution >= 4 is 21.8 Å². The maximum Gasteiger partial charge on any atom is 0.251 e. The van der Waals surface area contributed by atoms with E-state index in [1.54, 1.807) is 0 Å². The van der Waals surface area contributed by atoms with Crippen molar-refractivity contribution in [3.63, 3.8) is 0 Å². The van der Waals surface area contributed by atoms with E-state index in [0.29, 0.717) is 16.1 Å². The van der Waals surface area contributed by atoms with Gasteiger partial charge in [-0.1, -0.05) is 0 Å². The van der Waals surface area contributed by atoms with E-state index >= 15 is 0 Å². The summed E-state index contributed by atoms with van der Waals surface area (Å²) in [6.07, 6.45) is 1.85. The molecular formula is C13H16BrFN2O. The van der Waals surface area contributed by atoms with Gasteiger partial charge >= 0.3 is 0 Å². The van der Waals surface area contributed by atoms with Crippen LogP contribution in [0, 0.1) is 5.82 Å². The molecule has 0 bridgehead atoms. The minimum Gasteiger partial charge on any atom is -0.349 e. The molecular weight excluding hydrogens is 299 g/mol. The SMILES string of the molecule is CC1CC(NC(=O)c2ccc(F)c(Br)c2)CCN1. The van der Waals surface area contributed by atoms with E-state index in [1.807, 2.05) is 0 Å². The number of nitrogens with one attached hydrogen (secondary N) is 2. The molecule has 1 aromatic rings. The molecule has 0 saturated carbocycles. The summed E-state index contributed by atoms with van der Waals surface area (Å²) in [6.45, 7) is 3.02. The second kappa shape index (κ2) is 5.80. The number of hydrogen-bond donors (Lipinski definition) is 2. The van der Waals surface area contributed by atoms with Gasteiger partial charge in [-0.25, -0.2) is 4.39 Å². The Balaban J connectivity index is 2.00. The standard InChI is InChI=1S/C13H16BrFN2O/c1-8-6-10(4-5-16-8)17-13(18)9-2-3-12(15)11(14)7-9/h2-3,7-8,10,16H,4-6H2,1H3,(H,17,18). The summed E-state index contributed by atoms with van der Waals surface area (Å²) in [5.74, 6) is -0.503. The summed E-state index contributed by atoms with van der Waals surface area (Å²) in [6, 6.07) is 4.92. The Labute approximate surface area is 114 Å². The molecule has 0 radical (unpaired) electrons. The average molecular weight is 315 g/mol. The summed E-state index contributed by atoms with van der Waals surface area (Å²) < 4.78 is 13.4. The highest BCUT2D eigenvalue weighted by atomic mass is 79.9. The van der Waals surface area contributed by atoms with Crippen LogP contribution in [0.5, 0.6) is 0 Å². The van der Waals surface area contributed by atoms with Crippen molar-refractivity contribution < 1.29 is 9.18 Å². The molecule has 0 spiro atoms. The molecule has 0 aliphatic carbocycles. The molecule has 2 unspecified atom stereocenters. The summed E-state index contributed by atoms with van der Waals surface area (Å²) in [4.78, 5) is 12.0. The van der Waals surface area contributed by atoms with Gasteiger partial charge in [0.25, 0.3) is 5.91 Å². The number of carbonyl (C=O) groups excluding carboxylic acids is 1. The molecule has 2 N–H and O–H groups in total. The third kappa shape index (κ3) is 3.29. The molecule has 18 heavy (non-hydrogen) atoms. The Hall–Kier alpha value is -0.940. The lowest BCUT2D eigenvalue weighted by Crippen LogP contribution is -2.46. The molecule has 1 amide bonds. The number of benzene rings is 1. The zero-order valence-corrected chi connectivity index (χ0v) is 11.8. The van der Waals surface area contributed by atoms with Crippen molar-refractivity contribution in [1.29, 1.82) is 0 Å². The lowest BCUT2D eigenvalue weighted by Gasteiger charge is -2.28. The van der Waals surface area contributed by atoms with E-state index in [0.717, 1.165) is 19.4 Å². The van der Waals surface area contributed by atoms with E-state index in [2.05, 4.69) is 33.5 Å². The predicted molar refractivity (Wildman–Crippen MR) is 72.1 cm³/mol. The van der Waals surface area contributed by atoms with E-state index in [1.165, 1.54) is 18.2 Å². The van der Waals surface area contributed by atoms with Crippen molar-refractivity contribution in [2.75, 3.05) is 6.54 Å². The first-order valence-corrected chi connectivity index (χ1v) is 6.85. The van der Waals surface area contributed by atoms with Gasteiger partial charge in [-0.3, -0.25) is 4.79 Å². The normalized spacial score (nSPS) is 23.7. The van der Waals surface area contributed by atoms with Gasteiger partial charge in [0, 0.05) is 17.6 Å². The van der Waals surface area contributed by atoms with Crippen LogP contribution >= 0.6 is 15.9 Å². The molecule has 1 aliphatic heterocycles. The topological polar surface area (TPSA) is 41.1 Å². The van der Waals surface area contributed by atoms with Crippen LogP contribution in [0.25, 0.3) is 0 Å². The number of amides is 1. The molecule has 2 rings (SSSR count). The van der Waals surface area contributed by atoms with Gasteiger partial charge in [-0.15, -0.1) is 0 Å². The van der Waals surface area contributed by atoms with Gasteiger partial charge in [0.05, 0.1) is 4.47 Å². The van der Waals surface area contributed by atoms with Gasteiger partial charge < -0.3 is 10.6 Å². The third-order valence-electron chi connectivity index (χ3n) is 3.14. The van der Waals surface area contributed by atoms with Crippen molar-refractivity contribution in [2.45, 2.75) is 31.8 Å². The van der Waals surface area contributed by atoms with E-state index in [-0.39, 0.29) is 17.8 Å².